The number of hydrogen-bond donors (Lipinski definition) is 3. The molecule has 2 atom stereocenters. The first-order chi connectivity index (χ1) is 6.99. The predicted octanol–water partition coefficient (Wildman–Crippen LogP) is 1.34. The van der Waals surface area contributed by atoms with Crippen LogP contribution in [0.25, 0.3) is 0 Å². The van der Waals surface area contributed by atoms with Gasteiger partial charge in [-0.25, -0.2) is 4.79 Å². The van der Waals surface area contributed by atoms with E-state index in [1.807, 2.05) is 20.8 Å². The lowest BCUT2D eigenvalue weighted by Crippen LogP contribution is -2.45. The van der Waals surface area contributed by atoms with Crippen molar-refractivity contribution >= 4 is 12.0 Å². The van der Waals surface area contributed by atoms with Gasteiger partial charge in [-0.15, -0.1) is 0 Å². The molecule has 5 nitrogen and oxygen atoms in total. The first-order valence-corrected chi connectivity index (χ1v) is 5.28. The van der Waals surface area contributed by atoms with Crippen molar-refractivity contribution in [3.8, 4) is 0 Å². The van der Waals surface area contributed by atoms with Crippen molar-refractivity contribution in [2.24, 2.45) is 0 Å². The fraction of sp³-hybridized carbons (Fsp3) is 0.800. The van der Waals surface area contributed by atoms with Gasteiger partial charge < -0.3 is 15.7 Å². The molecule has 3 N–H and O–H groups in total. The van der Waals surface area contributed by atoms with E-state index in [1.165, 1.54) is 0 Å². The number of carboxylic acids is 1. The van der Waals surface area contributed by atoms with E-state index in [0.29, 0.717) is 6.42 Å². The summed E-state index contributed by atoms with van der Waals surface area (Å²) in [6, 6.07) is -0.489. The molecule has 0 aromatic heterocycles. The fourth-order valence-corrected chi connectivity index (χ4v) is 1.06. The first-order valence-electron chi connectivity index (χ1n) is 5.28. The Morgan fingerprint density at radius 2 is 1.80 bits per heavy atom. The predicted molar refractivity (Wildman–Crippen MR) is 57.8 cm³/mol. The average molecular weight is 216 g/mol. The summed E-state index contributed by atoms with van der Waals surface area (Å²) in [7, 11) is 0. The molecule has 15 heavy (non-hydrogen) atoms. The van der Waals surface area contributed by atoms with Crippen molar-refractivity contribution in [2.75, 3.05) is 0 Å². The Balaban J connectivity index is 3.95. The lowest BCUT2D eigenvalue weighted by molar-refractivity contribution is -0.137. The van der Waals surface area contributed by atoms with Crippen LogP contribution in [0.4, 0.5) is 4.79 Å². The van der Waals surface area contributed by atoms with Crippen LogP contribution in [0, 0.1) is 0 Å². The third kappa shape index (κ3) is 6.76. The number of carbonyl (C=O) groups excluding carboxylic acids is 1. The van der Waals surface area contributed by atoms with E-state index in [0.717, 1.165) is 6.42 Å². The first kappa shape index (κ1) is 13.7. The number of amides is 2. The number of carboxylic acid groups (broad SMARTS) is 1. The van der Waals surface area contributed by atoms with E-state index in [9.17, 15) is 9.59 Å². The van der Waals surface area contributed by atoms with E-state index < -0.39 is 5.97 Å². The summed E-state index contributed by atoms with van der Waals surface area (Å²) in [5, 5.41) is 13.9. The van der Waals surface area contributed by atoms with E-state index >= 15 is 0 Å². The Labute approximate surface area is 90.2 Å². The maximum absolute atomic E-state index is 11.3. The van der Waals surface area contributed by atoms with Crippen LogP contribution in [-0.4, -0.2) is 29.2 Å². The van der Waals surface area contributed by atoms with Gasteiger partial charge in [0.25, 0.3) is 0 Å². The average Bonchev–Trinajstić information content (AvgIpc) is 2.15. The Kier molecular flexibility index (Phi) is 6.49. The highest BCUT2D eigenvalue weighted by Gasteiger charge is 2.14. The maximum Gasteiger partial charge on any atom is 0.315 e. The zero-order valence-corrected chi connectivity index (χ0v) is 9.54. The number of urea groups is 1. The number of nitrogens with one attached hydrogen (secondary N) is 2. The monoisotopic (exact) mass is 216 g/mol. The van der Waals surface area contributed by atoms with Gasteiger partial charge in [-0.3, -0.25) is 4.79 Å². The Hall–Kier alpha value is -1.26. The second kappa shape index (κ2) is 7.09. The van der Waals surface area contributed by atoms with Crippen LogP contribution in [0.2, 0.25) is 0 Å². The van der Waals surface area contributed by atoms with Crippen LogP contribution in [0.5, 0.6) is 0 Å². The number of hydrogen-bond acceptors (Lipinski definition) is 2. The minimum absolute atomic E-state index is 0.0373. The van der Waals surface area contributed by atoms with Gasteiger partial charge in [0, 0.05) is 12.1 Å². The molecule has 0 saturated heterocycles. The normalized spacial score (nSPS) is 14.1. The van der Waals surface area contributed by atoms with Crippen LogP contribution >= 0.6 is 0 Å². The molecule has 0 saturated carbocycles. The standard InChI is InChI=1S/C10H20N2O3/c1-4-7(3)11-10(15)12-8(5-2)6-9(13)14/h7-8H,4-6H2,1-3H3,(H,13,14)(H2,11,12,15). The van der Waals surface area contributed by atoms with Gasteiger partial charge in [0.1, 0.15) is 0 Å². The zero-order chi connectivity index (χ0) is 11.8. The van der Waals surface area contributed by atoms with Gasteiger partial charge in [-0.2, -0.15) is 0 Å². The summed E-state index contributed by atoms with van der Waals surface area (Å²) in [5.41, 5.74) is 0. The van der Waals surface area contributed by atoms with Gasteiger partial charge in [0.15, 0.2) is 0 Å². The lowest BCUT2D eigenvalue weighted by Gasteiger charge is -2.17. The lowest BCUT2D eigenvalue weighted by atomic mass is 10.1. The molecular formula is C10H20N2O3. The largest absolute Gasteiger partial charge is 0.481 e. The Morgan fingerprint density at radius 3 is 2.20 bits per heavy atom. The second-order valence-electron chi connectivity index (χ2n) is 3.63. The summed E-state index contributed by atoms with van der Waals surface area (Å²) in [6.07, 6.45) is 1.42. The van der Waals surface area contributed by atoms with Gasteiger partial charge in [0.05, 0.1) is 6.42 Å². The van der Waals surface area contributed by atoms with E-state index in [1.54, 1.807) is 0 Å². The quantitative estimate of drug-likeness (QED) is 0.627. The fourth-order valence-electron chi connectivity index (χ4n) is 1.06. The molecule has 88 valence electrons. The van der Waals surface area contributed by atoms with Gasteiger partial charge in [-0.05, 0) is 19.8 Å². The smallest absolute Gasteiger partial charge is 0.315 e. The van der Waals surface area contributed by atoms with Crippen LogP contribution in [0.15, 0.2) is 0 Å². The van der Waals surface area contributed by atoms with Gasteiger partial charge in [-0.1, -0.05) is 13.8 Å². The molecule has 0 bridgehead atoms. The molecule has 0 aliphatic carbocycles. The van der Waals surface area contributed by atoms with Crippen molar-refractivity contribution in [3.05, 3.63) is 0 Å². The van der Waals surface area contributed by atoms with E-state index in [-0.39, 0.29) is 24.5 Å². The van der Waals surface area contributed by atoms with Gasteiger partial charge >= 0.3 is 12.0 Å². The summed E-state index contributed by atoms with van der Waals surface area (Å²) in [4.78, 5) is 21.8. The molecule has 2 unspecified atom stereocenters. The molecule has 0 radical (unpaired) electrons. The Morgan fingerprint density at radius 1 is 1.20 bits per heavy atom. The Bertz CT molecular complexity index is 219. The topological polar surface area (TPSA) is 78.4 Å². The van der Waals surface area contributed by atoms with Crippen LogP contribution in [0.3, 0.4) is 0 Å². The number of carbonyl (C=O) groups is 2. The van der Waals surface area contributed by atoms with Crippen molar-refractivity contribution in [1.82, 2.24) is 10.6 Å². The molecule has 0 aliphatic heterocycles. The second-order valence-corrected chi connectivity index (χ2v) is 3.63. The highest BCUT2D eigenvalue weighted by Crippen LogP contribution is 1.97. The molecule has 0 heterocycles. The third-order valence-corrected chi connectivity index (χ3v) is 2.24. The number of rotatable bonds is 6. The van der Waals surface area contributed by atoms with E-state index in [4.69, 9.17) is 5.11 Å². The molecule has 0 aliphatic rings. The van der Waals surface area contributed by atoms with Crippen molar-refractivity contribution < 1.29 is 14.7 Å². The molecule has 0 rings (SSSR count). The summed E-state index contributed by atoms with van der Waals surface area (Å²) < 4.78 is 0. The highest BCUT2D eigenvalue weighted by molar-refractivity contribution is 5.75. The molecule has 0 aromatic rings. The molecule has 2 amide bonds. The summed E-state index contributed by atoms with van der Waals surface area (Å²) >= 11 is 0. The van der Waals surface area contributed by atoms with Gasteiger partial charge in [0.2, 0.25) is 0 Å². The number of aliphatic carboxylic acids is 1. The molecule has 0 aromatic carbocycles. The zero-order valence-electron chi connectivity index (χ0n) is 9.54. The summed E-state index contributed by atoms with van der Waals surface area (Å²) in [5.74, 6) is -0.898. The highest BCUT2D eigenvalue weighted by atomic mass is 16.4. The SMILES string of the molecule is CCC(C)NC(=O)NC(CC)CC(=O)O. The molecule has 0 spiro atoms. The van der Waals surface area contributed by atoms with Crippen LogP contribution < -0.4 is 10.6 Å². The van der Waals surface area contributed by atoms with Crippen LogP contribution in [-0.2, 0) is 4.79 Å². The van der Waals surface area contributed by atoms with Crippen molar-refractivity contribution in [2.45, 2.75) is 52.1 Å². The molecule has 5 heteroatoms. The maximum atomic E-state index is 11.3. The molecular weight excluding hydrogens is 196 g/mol. The minimum atomic E-state index is -0.898. The van der Waals surface area contributed by atoms with Crippen LogP contribution in [0.1, 0.15) is 40.0 Å². The van der Waals surface area contributed by atoms with Crippen molar-refractivity contribution in [1.29, 1.82) is 0 Å². The molecule has 0 fully saturated rings. The minimum Gasteiger partial charge on any atom is -0.481 e. The van der Waals surface area contributed by atoms with E-state index in [2.05, 4.69) is 10.6 Å². The van der Waals surface area contributed by atoms with Crippen molar-refractivity contribution in [3.63, 3.8) is 0 Å². The third-order valence-electron chi connectivity index (χ3n) is 2.24. The summed E-state index contributed by atoms with van der Waals surface area (Å²) in [6.45, 7) is 5.72.